The zero-order valence-electron chi connectivity index (χ0n) is 5.90. The van der Waals surface area contributed by atoms with Gasteiger partial charge in [0.15, 0.2) is 0 Å². The molecule has 3 atom stereocenters. The Morgan fingerprint density at radius 1 is 1.60 bits per heavy atom. The van der Waals surface area contributed by atoms with Gasteiger partial charge in [-0.3, -0.25) is 0 Å². The van der Waals surface area contributed by atoms with Crippen molar-refractivity contribution >= 4 is 6.29 Å². The fourth-order valence-corrected chi connectivity index (χ4v) is 0.608. The highest BCUT2D eigenvalue weighted by Gasteiger charge is 2.18. The van der Waals surface area contributed by atoms with Gasteiger partial charge in [0.2, 0.25) is 0 Å². The summed E-state index contributed by atoms with van der Waals surface area (Å²) in [5.41, 5.74) is 5.29. The monoisotopic (exact) mass is 147 g/mol. The Morgan fingerprint density at radius 3 is 2.40 bits per heavy atom. The van der Waals surface area contributed by atoms with E-state index in [1.165, 1.54) is 6.92 Å². The summed E-state index contributed by atoms with van der Waals surface area (Å²) in [6.45, 7) is 1.43. The maximum absolute atomic E-state index is 9.87. The minimum absolute atomic E-state index is 0.0755. The van der Waals surface area contributed by atoms with Gasteiger partial charge in [-0.15, -0.1) is 0 Å². The van der Waals surface area contributed by atoms with Crippen LogP contribution in [-0.2, 0) is 4.79 Å². The van der Waals surface area contributed by atoms with E-state index in [0.29, 0.717) is 6.29 Å². The Morgan fingerprint density at radius 2 is 2.10 bits per heavy atom. The van der Waals surface area contributed by atoms with Crippen molar-refractivity contribution < 1.29 is 15.0 Å². The molecule has 4 N–H and O–H groups in total. The summed E-state index contributed by atoms with van der Waals surface area (Å²) in [5, 5.41) is 17.8. The smallest absolute Gasteiger partial charge is 0.121 e. The molecule has 0 amide bonds. The second kappa shape index (κ2) is 4.38. The van der Waals surface area contributed by atoms with Crippen LogP contribution in [0.3, 0.4) is 0 Å². The molecule has 0 fully saturated rings. The van der Waals surface area contributed by atoms with E-state index in [-0.39, 0.29) is 6.42 Å². The summed E-state index contributed by atoms with van der Waals surface area (Å²) in [6, 6.07) is -0.655. The van der Waals surface area contributed by atoms with Crippen LogP contribution in [0, 0.1) is 0 Å². The summed E-state index contributed by atoms with van der Waals surface area (Å²) in [6.07, 6.45) is -1.19. The van der Waals surface area contributed by atoms with Crippen molar-refractivity contribution in [3.8, 4) is 0 Å². The van der Waals surface area contributed by atoms with Crippen molar-refractivity contribution in [2.24, 2.45) is 5.73 Å². The lowest BCUT2D eigenvalue weighted by Crippen LogP contribution is -2.41. The van der Waals surface area contributed by atoms with Crippen LogP contribution in [0.2, 0.25) is 0 Å². The van der Waals surface area contributed by atoms with Crippen molar-refractivity contribution in [3.05, 3.63) is 0 Å². The first-order chi connectivity index (χ1) is 4.59. The molecular formula is C6H13NO3. The topological polar surface area (TPSA) is 83.6 Å². The minimum atomic E-state index is -1.01. The van der Waals surface area contributed by atoms with E-state index in [9.17, 15) is 4.79 Å². The van der Waals surface area contributed by atoms with Crippen molar-refractivity contribution in [2.75, 3.05) is 0 Å². The van der Waals surface area contributed by atoms with Gasteiger partial charge in [0.1, 0.15) is 6.29 Å². The van der Waals surface area contributed by atoms with Gasteiger partial charge in [-0.05, 0) is 6.92 Å². The molecular weight excluding hydrogens is 134 g/mol. The van der Waals surface area contributed by atoms with Gasteiger partial charge in [0, 0.05) is 12.5 Å². The van der Waals surface area contributed by atoms with Gasteiger partial charge in [0.25, 0.3) is 0 Å². The van der Waals surface area contributed by atoms with Crippen LogP contribution >= 0.6 is 0 Å². The first kappa shape index (κ1) is 9.55. The molecule has 0 saturated carbocycles. The Labute approximate surface area is 59.7 Å². The molecule has 0 aromatic carbocycles. The number of aldehydes is 1. The maximum atomic E-state index is 9.87. The largest absolute Gasteiger partial charge is 0.391 e. The van der Waals surface area contributed by atoms with E-state index in [0.717, 1.165) is 0 Å². The van der Waals surface area contributed by atoms with Crippen LogP contribution in [0.15, 0.2) is 0 Å². The highest BCUT2D eigenvalue weighted by molar-refractivity contribution is 5.50. The van der Waals surface area contributed by atoms with Crippen LogP contribution in [0.1, 0.15) is 13.3 Å². The van der Waals surface area contributed by atoms with E-state index in [1.807, 2.05) is 0 Å². The Balaban J connectivity index is 3.68. The minimum Gasteiger partial charge on any atom is -0.391 e. The summed E-state index contributed by atoms with van der Waals surface area (Å²) in [5.74, 6) is 0. The molecule has 0 aromatic heterocycles. The van der Waals surface area contributed by atoms with Gasteiger partial charge >= 0.3 is 0 Å². The van der Waals surface area contributed by atoms with Gasteiger partial charge in [0.05, 0.1) is 12.2 Å². The number of hydrogen-bond acceptors (Lipinski definition) is 4. The van der Waals surface area contributed by atoms with Gasteiger partial charge in [-0.2, -0.15) is 0 Å². The van der Waals surface area contributed by atoms with Crippen molar-refractivity contribution in [1.82, 2.24) is 0 Å². The molecule has 1 unspecified atom stereocenters. The van der Waals surface area contributed by atoms with Crippen LogP contribution in [0.25, 0.3) is 0 Å². The molecule has 4 heteroatoms. The average Bonchev–Trinajstić information content (AvgIpc) is 1.87. The predicted molar refractivity (Wildman–Crippen MR) is 36.3 cm³/mol. The van der Waals surface area contributed by atoms with Crippen molar-refractivity contribution in [3.63, 3.8) is 0 Å². The molecule has 4 nitrogen and oxygen atoms in total. The fraction of sp³-hybridized carbons (Fsp3) is 0.833. The molecule has 0 saturated heterocycles. The lowest BCUT2D eigenvalue weighted by molar-refractivity contribution is -0.109. The maximum Gasteiger partial charge on any atom is 0.121 e. The number of carbonyl (C=O) groups is 1. The molecule has 0 aliphatic rings. The summed E-state index contributed by atoms with van der Waals surface area (Å²) in [7, 11) is 0. The first-order valence-corrected chi connectivity index (χ1v) is 3.15. The normalized spacial score (nSPS) is 19.6. The van der Waals surface area contributed by atoms with Crippen molar-refractivity contribution in [2.45, 2.75) is 31.6 Å². The number of nitrogens with two attached hydrogens (primary N) is 1. The van der Waals surface area contributed by atoms with Crippen molar-refractivity contribution in [1.29, 1.82) is 0 Å². The van der Waals surface area contributed by atoms with E-state index in [1.54, 1.807) is 0 Å². The molecule has 0 aromatic rings. The molecule has 0 aliphatic heterocycles. The third kappa shape index (κ3) is 2.91. The number of aliphatic hydroxyl groups excluding tert-OH is 2. The van der Waals surface area contributed by atoms with Gasteiger partial charge < -0.3 is 20.7 Å². The van der Waals surface area contributed by atoms with Crippen LogP contribution in [-0.4, -0.2) is 34.7 Å². The summed E-state index contributed by atoms with van der Waals surface area (Å²) in [4.78, 5) is 9.87. The molecule has 0 rings (SSSR count). The predicted octanol–water partition coefficient (Wildman–Crippen LogP) is -1.36. The Hall–Kier alpha value is -0.450. The van der Waals surface area contributed by atoms with Crippen LogP contribution < -0.4 is 5.73 Å². The highest BCUT2D eigenvalue weighted by atomic mass is 16.3. The van der Waals surface area contributed by atoms with Gasteiger partial charge in [-0.1, -0.05) is 0 Å². The third-order valence-electron chi connectivity index (χ3n) is 1.30. The SMILES string of the molecule is CC(O)[C@@H](O)[C@@H](N)CC=O. The van der Waals surface area contributed by atoms with E-state index in [2.05, 4.69) is 0 Å². The summed E-state index contributed by atoms with van der Waals surface area (Å²) < 4.78 is 0. The summed E-state index contributed by atoms with van der Waals surface area (Å²) >= 11 is 0. The third-order valence-corrected chi connectivity index (χ3v) is 1.30. The number of carbonyl (C=O) groups excluding carboxylic acids is 1. The number of hydrogen-bond donors (Lipinski definition) is 3. The van der Waals surface area contributed by atoms with E-state index >= 15 is 0 Å². The number of aliphatic hydroxyl groups is 2. The highest BCUT2D eigenvalue weighted by Crippen LogP contribution is 1.98. The quantitative estimate of drug-likeness (QED) is 0.429. The molecule has 0 bridgehead atoms. The second-order valence-electron chi connectivity index (χ2n) is 2.30. The zero-order valence-corrected chi connectivity index (χ0v) is 5.90. The lowest BCUT2D eigenvalue weighted by Gasteiger charge is -2.18. The van der Waals surface area contributed by atoms with Gasteiger partial charge in [-0.25, -0.2) is 0 Å². The molecule has 60 valence electrons. The van der Waals surface area contributed by atoms with E-state index in [4.69, 9.17) is 15.9 Å². The number of rotatable bonds is 4. The first-order valence-electron chi connectivity index (χ1n) is 3.15. The van der Waals surface area contributed by atoms with Crippen LogP contribution in [0.5, 0.6) is 0 Å². The molecule has 0 aliphatic carbocycles. The van der Waals surface area contributed by atoms with E-state index < -0.39 is 18.2 Å². The standard InChI is InChI=1S/C6H13NO3/c1-4(9)6(10)5(7)2-3-8/h3-6,9-10H,2,7H2,1H3/t4?,5-,6+/m0/s1. The molecule has 0 heterocycles. The fourth-order valence-electron chi connectivity index (χ4n) is 0.608. The molecule has 10 heavy (non-hydrogen) atoms. The zero-order chi connectivity index (χ0) is 8.15. The van der Waals surface area contributed by atoms with Crippen LogP contribution in [0.4, 0.5) is 0 Å². The Kier molecular flexibility index (Phi) is 4.18. The average molecular weight is 147 g/mol. The molecule has 0 radical (unpaired) electrons. The Bertz CT molecular complexity index is 105. The second-order valence-corrected chi connectivity index (χ2v) is 2.30. The lowest BCUT2D eigenvalue weighted by atomic mass is 10.1. The molecule has 0 spiro atoms.